The molecule has 0 atom stereocenters. The average Bonchev–Trinajstić information content (AvgIpc) is 3.13. The molecule has 2 N–H and O–H groups in total. The predicted octanol–water partition coefficient (Wildman–Crippen LogP) is 3.22. The van der Waals surface area contributed by atoms with Crippen LogP contribution in [0.3, 0.4) is 0 Å². The highest BCUT2D eigenvalue weighted by atomic mass is 16.3. The van der Waals surface area contributed by atoms with Crippen LogP contribution in [-0.2, 0) is 13.1 Å². The van der Waals surface area contributed by atoms with E-state index in [1.54, 1.807) is 6.26 Å². The van der Waals surface area contributed by atoms with Gasteiger partial charge in [-0.1, -0.05) is 12.1 Å². The molecule has 3 nitrogen and oxygen atoms in total. The van der Waals surface area contributed by atoms with Gasteiger partial charge in [0.2, 0.25) is 0 Å². The molecule has 3 heteroatoms. The van der Waals surface area contributed by atoms with Gasteiger partial charge < -0.3 is 15.1 Å². The molecule has 0 radical (unpaired) electrons. The van der Waals surface area contributed by atoms with Crippen molar-refractivity contribution in [1.29, 1.82) is 0 Å². The summed E-state index contributed by atoms with van der Waals surface area (Å²) >= 11 is 0. The molecule has 0 amide bonds. The largest absolute Gasteiger partial charge is 0.467 e. The van der Waals surface area contributed by atoms with E-state index in [1.807, 2.05) is 12.1 Å². The third-order valence-electron chi connectivity index (χ3n) is 3.66. The summed E-state index contributed by atoms with van der Waals surface area (Å²) in [5.74, 6) is 1.01. The van der Waals surface area contributed by atoms with Crippen LogP contribution in [0.1, 0.15) is 29.7 Å². The van der Waals surface area contributed by atoms with E-state index in [9.17, 15) is 0 Å². The Morgan fingerprint density at radius 3 is 2.79 bits per heavy atom. The second kappa shape index (κ2) is 5.10. The number of aryl methyl sites for hydroxylation is 1. The third-order valence-corrected chi connectivity index (χ3v) is 3.66. The van der Waals surface area contributed by atoms with Gasteiger partial charge in [0.1, 0.15) is 5.76 Å². The number of nitrogens with zero attached hydrogens (tertiary/aromatic N) is 1. The summed E-state index contributed by atoms with van der Waals surface area (Å²) < 4.78 is 5.49. The van der Waals surface area contributed by atoms with Crippen molar-refractivity contribution in [3.8, 4) is 0 Å². The maximum Gasteiger partial charge on any atom is 0.123 e. The minimum Gasteiger partial charge on any atom is -0.467 e. The first kappa shape index (κ1) is 12.3. The van der Waals surface area contributed by atoms with Gasteiger partial charge in [0.05, 0.1) is 12.8 Å². The quantitative estimate of drug-likeness (QED) is 0.893. The highest BCUT2D eigenvalue weighted by molar-refractivity contribution is 5.57. The molecule has 100 valence electrons. The summed E-state index contributed by atoms with van der Waals surface area (Å²) in [6, 6.07) is 11.1. The topological polar surface area (TPSA) is 42.4 Å². The van der Waals surface area contributed by atoms with Gasteiger partial charge in [-0.05, 0) is 49.1 Å². The Morgan fingerprint density at radius 2 is 2.16 bits per heavy atom. The molecule has 1 saturated carbocycles. The third kappa shape index (κ3) is 2.66. The fraction of sp³-hybridized carbons (Fsp3) is 0.375. The molecular weight excluding hydrogens is 236 g/mol. The van der Waals surface area contributed by atoms with E-state index in [4.69, 9.17) is 10.2 Å². The minimum absolute atomic E-state index is 0.580. The first-order valence-corrected chi connectivity index (χ1v) is 6.86. The number of anilines is 1. The van der Waals surface area contributed by atoms with Crippen LogP contribution >= 0.6 is 0 Å². The predicted molar refractivity (Wildman–Crippen MR) is 77.0 cm³/mol. The van der Waals surface area contributed by atoms with E-state index >= 15 is 0 Å². The van der Waals surface area contributed by atoms with Crippen molar-refractivity contribution in [1.82, 2.24) is 0 Å². The van der Waals surface area contributed by atoms with Crippen LogP contribution in [0.5, 0.6) is 0 Å². The zero-order chi connectivity index (χ0) is 13.2. The van der Waals surface area contributed by atoms with Gasteiger partial charge in [-0.15, -0.1) is 0 Å². The Hall–Kier alpha value is -1.74. The highest BCUT2D eigenvalue weighted by Gasteiger charge is 2.30. The summed E-state index contributed by atoms with van der Waals surface area (Å²) in [7, 11) is 0. The van der Waals surface area contributed by atoms with Gasteiger partial charge in [0.15, 0.2) is 0 Å². The van der Waals surface area contributed by atoms with Crippen LogP contribution in [0, 0.1) is 6.92 Å². The van der Waals surface area contributed by atoms with Gasteiger partial charge >= 0.3 is 0 Å². The van der Waals surface area contributed by atoms with Crippen LogP contribution in [0.2, 0.25) is 0 Å². The Bertz CT molecular complexity index is 544. The number of hydrogen-bond acceptors (Lipinski definition) is 3. The summed E-state index contributed by atoms with van der Waals surface area (Å²) in [6.45, 7) is 3.53. The maximum absolute atomic E-state index is 5.88. The number of rotatable bonds is 5. The van der Waals surface area contributed by atoms with Crippen LogP contribution in [0.15, 0.2) is 41.0 Å². The summed E-state index contributed by atoms with van der Waals surface area (Å²) in [5.41, 5.74) is 9.63. The van der Waals surface area contributed by atoms with Crippen molar-refractivity contribution in [3.05, 3.63) is 53.5 Å². The Kier molecular flexibility index (Phi) is 3.30. The molecule has 0 bridgehead atoms. The molecule has 0 spiro atoms. The normalized spacial score (nSPS) is 14.6. The van der Waals surface area contributed by atoms with Gasteiger partial charge in [-0.25, -0.2) is 0 Å². The zero-order valence-corrected chi connectivity index (χ0v) is 11.3. The molecule has 1 aliphatic carbocycles. The molecule has 0 saturated heterocycles. The van der Waals surface area contributed by atoms with Crippen LogP contribution in [0.25, 0.3) is 0 Å². The van der Waals surface area contributed by atoms with Crippen molar-refractivity contribution in [2.45, 2.75) is 38.9 Å². The molecular formula is C16H20N2O. The summed E-state index contributed by atoms with van der Waals surface area (Å²) in [4.78, 5) is 2.44. The van der Waals surface area contributed by atoms with Crippen LogP contribution in [-0.4, -0.2) is 6.04 Å². The first-order valence-electron chi connectivity index (χ1n) is 6.86. The lowest BCUT2D eigenvalue weighted by Crippen LogP contribution is -2.26. The van der Waals surface area contributed by atoms with Crippen LogP contribution in [0.4, 0.5) is 5.69 Å². The Morgan fingerprint density at radius 1 is 1.32 bits per heavy atom. The van der Waals surface area contributed by atoms with E-state index in [2.05, 4.69) is 30.0 Å². The van der Waals surface area contributed by atoms with Gasteiger partial charge in [-0.2, -0.15) is 0 Å². The van der Waals surface area contributed by atoms with Crippen LogP contribution < -0.4 is 10.6 Å². The number of furan rings is 1. The highest BCUT2D eigenvalue weighted by Crippen LogP contribution is 2.35. The maximum atomic E-state index is 5.88. The monoisotopic (exact) mass is 256 g/mol. The Labute approximate surface area is 114 Å². The molecule has 1 aromatic carbocycles. The molecule has 1 heterocycles. The lowest BCUT2D eigenvalue weighted by molar-refractivity contribution is 0.501. The van der Waals surface area contributed by atoms with E-state index in [1.165, 1.54) is 29.7 Å². The molecule has 19 heavy (non-hydrogen) atoms. The molecule has 1 aromatic heterocycles. The van der Waals surface area contributed by atoms with Crippen molar-refractivity contribution in [2.75, 3.05) is 4.90 Å². The SMILES string of the molecule is Cc1ccc(CN)c(N(Cc2ccco2)C2CC2)c1. The zero-order valence-electron chi connectivity index (χ0n) is 11.3. The van der Waals surface area contributed by atoms with E-state index < -0.39 is 0 Å². The molecule has 1 aliphatic rings. The van der Waals surface area contributed by atoms with E-state index in [0.29, 0.717) is 12.6 Å². The lowest BCUT2D eigenvalue weighted by Gasteiger charge is -2.26. The molecule has 1 fully saturated rings. The van der Waals surface area contributed by atoms with Crippen molar-refractivity contribution in [2.24, 2.45) is 5.73 Å². The smallest absolute Gasteiger partial charge is 0.123 e. The second-order valence-electron chi connectivity index (χ2n) is 5.27. The summed E-state index contributed by atoms with van der Waals surface area (Å²) in [6.07, 6.45) is 4.26. The van der Waals surface area contributed by atoms with Crippen molar-refractivity contribution >= 4 is 5.69 Å². The minimum atomic E-state index is 0.580. The van der Waals surface area contributed by atoms with E-state index in [0.717, 1.165) is 12.3 Å². The summed E-state index contributed by atoms with van der Waals surface area (Å²) in [5, 5.41) is 0. The number of nitrogens with two attached hydrogens (primary N) is 1. The molecule has 3 rings (SSSR count). The van der Waals surface area contributed by atoms with E-state index in [-0.39, 0.29) is 0 Å². The van der Waals surface area contributed by atoms with Gasteiger partial charge in [0.25, 0.3) is 0 Å². The van der Waals surface area contributed by atoms with Gasteiger partial charge in [0, 0.05) is 18.3 Å². The van der Waals surface area contributed by atoms with Crippen molar-refractivity contribution in [3.63, 3.8) is 0 Å². The van der Waals surface area contributed by atoms with Crippen molar-refractivity contribution < 1.29 is 4.42 Å². The molecule has 0 aliphatic heterocycles. The first-order chi connectivity index (χ1) is 9.28. The average molecular weight is 256 g/mol. The Balaban J connectivity index is 1.93. The number of hydrogen-bond donors (Lipinski definition) is 1. The molecule has 2 aromatic rings. The second-order valence-corrected chi connectivity index (χ2v) is 5.27. The fourth-order valence-electron chi connectivity index (χ4n) is 2.48. The van der Waals surface area contributed by atoms with Gasteiger partial charge in [-0.3, -0.25) is 0 Å². The standard InChI is InChI=1S/C16H20N2O/c1-12-4-5-13(10-17)16(9-12)18(14-6-7-14)11-15-3-2-8-19-15/h2-5,8-9,14H,6-7,10-11,17H2,1H3. The number of benzene rings is 1. The fourth-order valence-corrected chi connectivity index (χ4v) is 2.48. The lowest BCUT2D eigenvalue weighted by atomic mass is 10.1. The molecule has 0 unspecified atom stereocenters.